The first-order valence-electron chi connectivity index (χ1n) is 7.73. The molecule has 1 amide bonds. The maximum Gasteiger partial charge on any atom is 0.230 e. The van der Waals surface area contributed by atoms with Crippen molar-refractivity contribution in [1.82, 2.24) is 10.2 Å². The van der Waals surface area contributed by atoms with Gasteiger partial charge in [0.25, 0.3) is 0 Å². The summed E-state index contributed by atoms with van der Waals surface area (Å²) in [5, 5.41) is 2.96. The number of benzene rings is 1. The van der Waals surface area contributed by atoms with Crippen LogP contribution in [0.15, 0.2) is 36.9 Å². The van der Waals surface area contributed by atoms with E-state index in [-0.39, 0.29) is 17.8 Å². The second kappa shape index (κ2) is 9.70. The molecule has 1 aliphatic heterocycles. The zero-order chi connectivity index (χ0) is 16.5. The lowest BCUT2D eigenvalue weighted by molar-refractivity contribution is -0.118. The Kier molecular flexibility index (Phi) is 7.58. The number of rotatable bonds is 8. The van der Waals surface area contributed by atoms with E-state index in [0.29, 0.717) is 25.5 Å². The molecule has 126 valence electrons. The molecule has 0 saturated carbocycles. The van der Waals surface area contributed by atoms with Crippen molar-refractivity contribution >= 4 is 17.7 Å². The second-order valence-electron chi connectivity index (χ2n) is 5.33. The molecule has 1 saturated heterocycles. The number of carbonyl (C=O) groups excluding carboxylic acids is 1. The van der Waals surface area contributed by atoms with Crippen molar-refractivity contribution in [2.24, 2.45) is 0 Å². The summed E-state index contributed by atoms with van der Waals surface area (Å²) in [5.74, 6) is 0.898. The van der Waals surface area contributed by atoms with Crippen LogP contribution in [-0.2, 0) is 9.53 Å². The number of thioether (sulfide) groups is 1. The van der Waals surface area contributed by atoms with Gasteiger partial charge in [-0.1, -0.05) is 18.2 Å². The largest absolute Gasteiger partial charge is 0.379 e. The Morgan fingerprint density at radius 1 is 1.48 bits per heavy atom. The summed E-state index contributed by atoms with van der Waals surface area (Å²) < 4.78 is 18.9. The number of nitrogens with one attached hydrogen (secondary N) is 1. The van der Waals surface area contributed by atoms with Crippen LogP contribution < -0.4 is 5.32 Å². The molecule has 1 aromatic rings. The summed E-state index contributed by atoms with van der Waals surface area (Å²) >= 11 is 1.52. The lowest BCUT2D eigenvalue weighted by Gasteiger charge is -2.35. The molecule has 1 aliphatic rings. The van der Waals surface area contributed by atoms with Crippen molar-refractivity contribution in [3.63, 3.8) is 0 Å². The quantitative estimate of drug-likeness (QED) is 0.583. The van der Waals surface area contributed by atoms with Gasteiger partial charge in [-0.3, -0.25) is 9.69 Å². The van der Waals surface area contributed by atoms with Gasteiger partial charge in [0, 0.05) is 25.4 Å². The van der Waals surface area contributed by atoms with E-state index in [1.807, 2.05) is 6.07 Å². The van der Waals surface area contributed by atoms with Crippen LogP contribution in [0.1, 0.15) is 11.6 Å². The Morgan fingerprint density at radius 2 is 2.26 bits per heavy atom. The number of halogens is 1. The van der Waals surface area contributed by atoms with E-state index < -0.39 is 0 Å². The minimum atomic E-state index is -0.256. The van der Waals surface area contributed by atoms with Gasteiger partial charge >= 0.3 is 0 Å². The molecule has 1 aromatic carbocycles. The second-order valence-corrected chi connectivity index (χ2v) is 6.36. The fourth-order valence-corrected chi connectivity index (χ4v) is 3.13. The lowest BCUT2D eigenvalue weighted by Crippen LogP contribution is -2.44. The van der Waals surface area contributed by atoms with Crippen LogP contribution in [0, 0.1) is 5.82 Å². The average Bonchev–Trinajstić information content (AvgIpc) is 2.56. The van der Waals surface area contributed by atoms with E-state index >= 15 is 0 Å². The monoisotopic (exact) mass is 338 g/mol. The Hall–Kier alpha value is -1.37. The Balaban J connectivity index is 1.98. The molecule has 0 aliphatic carbocycles. The number of morpholine rings is 1. The van der Waals surface area contributed by atoms with Crippen LogP contribution in [0.5, 0.6) is 0 Å². The highest BCUT2D eigenvalue weighted by Crippen LogP contribution is 2.22. The van der Waals surface area contributed by atoms with Gasteiger partial charge in [-0.05, 0) is 17.7 Å². The maximum absolute atomic E-state index is 13.6. The van der Waals surface area contributed by atoms with Crippen molar-refractivity contribution in [2.75, 3.05) is 44.4 Å². The topological polar surface area (TPSA) is 41.6 Å². The number of carbonyl (C=O) groups is 1. The molecule has 1 heterocycles. The van der Waals surface area contributed by atoms with Gasteiger partial charge in [0.1, 0.15) is 5.82 Å². The van der Waals surface area contributed by atoms with Gasteiger partial charge in [-0.2, -0.15) is 0 Å². The molecule has 23 heavy (non-hydrogen) atoms. The molecule has 6 heteroatoms. The molecular weight excluding hydrogens is 315 g/mol. The highest BCUT2D eigenvalue weighted by molar-refractivity contribution is 8.00. The maximum atomic E-state index is 13.6. The summed E-state index contributed by atoms with van der Waals surface area (Å²) in [6.07, 6.45) is 1.78. The highest BCUT2D eigenvalue weighted by atomic mass is 32.2. The van der Waals surface area contributed by atoms with E-state index in [2.05, 4.69) is 16.8 Å². The van der Waals surface area contributed by atoms with Gasteiger partial charge in [0.15, 0.2) is 0 Å². The normalized spacial score (nSPS) is 16.7. The third-order valence-electron chi connectivity index (χ3n) is 3.68. The van der Waals surface area contributed by atoms with Gasteiger partial charge < -0.3 is 10.1 Å². The Morgan fingerprint density at radius 3 is 2.96 bits per heavy atom. The third-order valence-corrected chi connectivity index (χ3v) is 4.62. The predicted molar refractivity (Wildman–Crippen MR) is 92.1 cm³/mol. The van der Waals surface area contributed by atoms with Crippen molar-refractivity contribution in [3.05, 3.63) is 48.3 Å². The first-order chi connectivity index (χ1) is 11.2. The van der Waals surface area contributed by atoms with Gasteiger partial charge in [0.2, 0.25) is 5.91 Å². The van der Waals surface area contributed by atoms with Gasteiger partial charge in [-0.15, -0.1) is 18.3 Å². The molecule has 2 rings (SSSR count). The van der Waals surface area contributed by atoms with Gasteiger partial charge in [0.05, 0.1) is 25.0 Å². The summed E-state index contributed by atoms with van der Waals surface area (Å²) in [6, 6.07) is 6.55. The SMILES string of the molecule is C=CCSCC(=O)NC[C@H](c1cccc(F)c1)N1CCOCC1. The predicted octanol–water partition coefficient (Wildman–Crippen LogP) is 2.23. The molecular formula is C17H23FN2O2S. The number of ether oxygens (including phenoxy) is 1. The first-order valence-corrected chi connectivity index (χ1v) is 8.89. The van der Waals surface area contributed by atoms with E-state index in [0.717, 1.165) is 24.4 Å². The minimum absolute atomic E-state index is 0.00786. The first kappa shape index (κ1) is 18.0. The zero-order valence-electron chi connectivity index (χ0n) is 13.2. The molecule has 0 unspecified atom stereocenters. The van der Waals surface area contributed by atoms with Crippen molar-refractivity contribution in [2.45, 2.75) is 6.04 Å². The van der Waals surface area contributed by atoms with Crippen LogP contribution in [0.4, 0.5) is 4.39 Å². The van der Waals surface area contributed by atoms with Crippen molar-refractivity contribution in [3.8, 4) is 0 Å². The van der Waals surface area contributed by atoms with E-state index in [1.54, 1.807) is 18.2 Å². The van der Waals surface area contributed by atoms with Crippen LogP contribution in [-0.4, -0.2) is 55.2 Å². The summed E-state index contributed by atoms with van der Waals surface area (Å²) in [6.45, 7) is 6.99. The average molecular weight is 338 g/mol. The van der Waals surface area contributed by atoms with Crippen molar-refractivity contribution < 1.29 is 13.9 Å². The minimum Gasteiger partial charge on any atom is -0.379 e. The molecule has 0 aromatic heterocycles. The molecule has 1 fully saturated rings. The summed E-state index contributed by atoms with van der Waals surface area (Å²) in [5.41, 5.74) is 0.881. The molecule has 0 radical (unpaired) electrons. The summed E-state index contributed by atoms with van der Waals surface area (Å²) in [4.78, 5) is 14.2. The standard InChI is InChI=1S/C17H23FN2O2S/c1-2-10-23-13-17(21)19-12-16(20-6-8-22-9-7-20)14-4-3-5-15(18)11-14/h2-5,11,16H,1,6-10,12-13H2,(H,19,21)/t16-/m1/s1. The van der Waals surface area contributed by atoms with Gasteiger partial charge in [-0.25, -0.2) is 4.39 Å². The van der Waals surface area contributed by atoms with Crippen LogP contribution >= 0.6 is 11.8 Å². The van der Waals surface area contributed by atoms with Crippen LogP contribution in [0.25, 0.3) is 0 Å². The van der Waals surface area contributed by atoms with Crippen LogP contribution in [0.3, 0.4) is 0 Å². The van der Waals surface area contributed by atoms with Crippen LogP contribution in [0.2, 0.25) is 0 Å². The highest BCUT2D eigenvalue weighted by Gasteiger charge is 2.23. The zero-order valence-corrected chi connectivity index (χ0v) is 14.0. The number of amides is 1. The third kappa shape index (κ3) is 5.97. The lowest BCUT2D eigenvalue weighted by atomic mass is 10.0. The number of hydrogen-bond acceptors (Lipinski definition) is 4. The number of hydrogen-bond donors (Lipinski definition) is 1. The van der Waals surface area contributed by atoms with E-state index in [4.69, 9.17) is 4.74 Å². The molecule has 0 bridgehead atoms. The molecule has 0 spiro atoms. The Labute approximate surface area is 141 Å². The van der Waals surface area contributed by atoms with Crippen molar-refractivity contribution in [1.29, 1.82) is 0 Å². The fraction of sp³-hybridized carbons (Fsp3) is 0.471. The van der Waals surface area contributed by atoms with E-state index in [9.17, 15) is 9.18 Å². The Bertz CT molecular complexity index is 521. The molecule has 1 atom stereocenters. The van der Waals surface area contributed by atoms with E-state index in [1.165, 1.54) is 17.8 Å². The number of nitrogens with zero attached hydrogens (tertiary/aromatic N) is 1. The summed E-state index contributed by atoms with van der Waals surface area (Å²) in [7, 11) is 0. The molecule has 1 N–H and O–H groups in total. The fourth-order valence-electron chi connectivity index (χ4n) is 2.56. The smallest absolute Gasteiger partial charge is 0.230 e. The molecule has 4 nitrogen and oxygen atoms in total.